The Morgan fingerprint density at radius 2 is 2.19 bits per heavy atom. The predicted octanol–water partition coefficient (Wildman–Crippen LogP) is 0.894. The summed E-state index contributed by atoms with van der Waals surface area (Å²) in [4.78, 5) is 26.0. The van der Waals surface area contributed by atoms with Crippen LogP contribution in [0.25, 0.3) is 10.9 Å². The van der Waals surface area contributed by atoms with Gasteiger partial charge >= 0.3 is 0 Å². The Balaban J connectivity index is 2.76. The molecule has 5 nitrogen and oxygen atoms in total. The number of hydrazine groups is 1. The number of carbonyl (C=O) groups is 1. The van der Waals surface area contributed by atoms with Crippen LogP contribution < -0.4 is 16.7 Å². The van der Waals surface area contributed by atoms with Crippen molar-refractivity contribution in [2.45, 2.75) is 0 Å². The number of carbonyl (C=O) groups excluding carboxylic acids is 1. The van der Waals surface area contributed by atoms with Crippen LogP contribution in [-0.2, 0) is 0 Å². The maximum absolute atomic E-state index is 11.9. The van der Waals surface area contributed by atoms with Crippen molar-refractivity contribution in [1.29, 1.82) is 0 Å². The quantitative estimate of drug-likeness (QED) is 0.412. The molecule has 0 unspecified atom stereocenters. The minimum Gasteiger partial charge on any atom is -0.360 e. The van der Waals surface area contributed by atoms with Gasteiger partial charge < -0.3 is 4.98 Å². The summed E-state index contributed by atoms with van der Waals surface area (Å²) in [6.45, 7) is 0. The van der Waals surface area contributed by atoms with Crippen molar-refractivity contribution in [3.63, 3.8) is 0 Å². The number of pyridine rings is 1. The summed E-state index contributed by atoms with van der Waals surface area (Å²) in [6.07, 6.45) is 1.35. The number of hydrogen-bond donors (Lipinski definition) is 3. The van der Waals surface area contributed by atoms with Crippen LogP contribution >= 0.6 is 15.9 Å². The van der Waals surface area contributed by atoms with E-state index >= 15 is 0 Å². The number of benzene rings is 1. The number of H-pyrrole nitrogens is 1. The lowest BCUT2D eigenvalue weighted by Gasteiger charge is -2.02. The first kappa shape index (κ1) is 10.8. The molecule has 1 aromatic carbocycles. The summed E-state index contributed by atoms with van der Waals surface area (Å²) in [7, 11) is 0. The molecule has 0 saturated heterocycles. The molecule has 2 aromatic rings. The predicted molar refractivity (Wildman–Crippen MR) is 63.9 cm³/mol. The lowest BCUT2D eigenvalue weighted by molar-refractivity contribution is 0.0952. The zero-order valence-corrected chi connectivity index (χ0v) is 9.67. The van der Waals surface area contributed by atoms with Crippen molar-refractivity contribution in [1.82, 2.24) is 10.4 Å². The zero-order chi connectivity index (χ0) is 11.7. The maximum atomic E-state index is 11.9. The topological polar surface area (TPSA) is 88.0 Å². The van der Waals surface area contributed by atoms with Crippen LogP contribution in [-0.4, -0.2) is 10.9 Å². The highest BCUT2D eigenvalue weighted by molar-refractivity contribution is 9.10. The van der Waals surface area contributed by atoms with Crippen molar-refractivity contribution in [3.05, 3.63) is 44.7 Å². The molecular formula is C10H8BrN3O2. The fourth-order valence-corrected chi connectivity index (χ4v) is 1.80. The lowest BCUT2D eigenvalue weighted by atomic mass is 10.1. The van der Waals surface area contributed by atoms with Crippen molar-refractivity contribution in [3.8, 4) is 0 Å². The largest absolute Gasteiger partial charge is 0.360 e. The number of aromatic nitrogens is 1. The van der Waals surface area contributed by atoms with Gasteiger partial charge in [-0.05, 0) is 18.2 Å². The maximum Gasteiger partial charge on any atom is 0.270 e. The van der Waals surface area contributed by atoms with Gasteiger partial charge in [0.2, 0.25) is 5.43 Å². The highest BCUT2D eigenvalue weighted by atomic mass is 79.9. The van der Waals surface area contributed by atoms with Crippen molar-refractivity contribution < 1.29 is 4.79 Å². The Kier molecular flexibility index (Phi) is 2.76. The zero-order valence-electron chi connectivity index (χ0n) is 8.08. The molecular weight excluding hydrogens is 274 g/mol. The Morgan fingerprint density at radius 1 is 1.44 bits per heavy atom. The van der Waals surface area contributed by atoms with Crippen LogP contribution in [0.1, 0.15) is 10.4 Å². The van der Waals surface area contributed by atoms with E-state index < -0.39 is 5.91 Å². The lowest BCUT2D eigenvalue weighted by Crippen LogP contribution is -2.33. The average Bonchev–Trinajstić information content (AvgIpc) is 2.28. The molecule has 0 bridgehead atoms. The molecule has 1 amide bonds. The summed E-state index contributed by atoms with van der Waals surface area (Å²) >= 11 is 3.30. The summed E-state index contributed by atoms with van der Waals surface area (Å²) in [5.41, 5.74) is 2.24. The molecule has 2 rings (SSSR count). The molecule has 82 valence electrons. The smallest absolute Gasteiger partial charge is 0.270 e. The van der Waals surface area contributed by atoms with Crippen LogP contribution in [0.3, 0.4) is 0 Å². The molecule has 0 spiro atoms. The molecule has 0 radical (unpaired) electrons. The Hall–Kier alpha value is -1.66. The third-order valence-electron chi connectivity index (χ3n) is 2.22. The Morgan fingerprint density at radius 3 is 2.88 bits per heavy atom. The molecule has 1 heterocycles. The first-order valence-electron chi connectivity index (χ1n) is 4.45. The second kappa shape index (κ2) is 4.07. The highest BCUT2D eigenvalue weighted by Gasteiger charge is 2.11. The molecule has 0 aliphatic rings. The number of halogens is 1. The van der Waals surface area contributed by atoms with E-state index in [1.807, 2.05) is 5.43 Å². The molecule has 6 heteroatoms. The van der Waals surface area contributed by atoms with Gasteiger partial charge in [-0.3, -0.25) is 15.0 Å². The van der Waals surface area contributed by atoms with Gasteiger partial charge in [-0.1, -0.05) is 15.9 Å². The van der Waals surface area contributed by atoms with Crippen LogP contribution in [0.4, 0.5) is 0 Å². The van der Waals surface area contributed by atoms with Crippen molar-refractivity contribution in [2.24, 2.45) is 5.84 Å². The SMILES string of the molecule is NNC(=O)c1c[nH]c2cc(Br)ccc2c1=O. The average molecular weight is 282 g/mol. The molecule has 0 fully saturated rings. The van der Waals surface area contributed by atoms with E-state index in [1.165, 1.54) is 6.20 Å². The van der Waals surface area contributed by atoms with Crippen LogP contribution in [0.5, 0.6) is 0 Å². The second-order valence-electron chi connectivity index (χ2n) is 3.19. The van der Waals surface area contributed by atoms with E-state index in [-0.39, 0.29) is 11.0 Å². The van der Waals surface area contributed by atoms with Gasteiger partial charge in [0.05, 0.1) is 5.52 Å². The summed E-state index contributed by atoms with van der Waals surface area (Å²) in [5.74, 6) is 4.38. The fourth-order valence-electron chi connectivity index (χ4n) is 1.44. The van der Waals surface area contributed by atoms with Gasteiger partial charge in [0, 0.05) is 16.1 Å². The number of aromatic amines is 1. The van der Waals surface area contributed by atoms with E-state index in [0.717, 1.165) is 4.47 Å². The highest BCUT2D eigenvalue weighted by Crippen LogP contribution is 2.15. The van der Waals surface area contributed by atoms with Gasteiger partial charge in [0.15, 0.2) is 0 Å². The van der Waals surface area contributed by atoms with Gasteiger partial charge in [-0.25, -0.2) is 5.84 Å². The summed E-state index contributed by atoms with van der Waals surface area (Å²) in [6, 6.07) is 5.15. The summed E-state index contributed by atoms with van der Waals surface area (Å²) < 4.78 is 0.853. The van der Waals surface area contributed by atoms with E-state index in [0.29, 0.717) is 10.9 Å². The van der Waals surface area contributed by atoms with Gasteiger partial charge in [-0.2, -0.15) is 0 Å². The number of rotatable bonds is 1. The third kappa shape index (κ3) is 1.72. The van der Waals surface area contributed by atoms with E-state index in [1.54, 1.807) is 18.2 Å². The molecule has 1 aromatic heterocycles. The monoisotopic (exact) mass is 281 g/mol. The van der Waals surface area contributed by atoms with Crippen LogP contribution in [0, 0.1) is 0 Å². The number of hydrogen-bond acceptors (Lipinski definition) is 3. The molecule has 0 aliphatic heterocycles. The van der Waals surface area contributed by atoms with Crippen LogP contribution in [0.2, 0.25) is 0 Å². The second-order valence-corrected chi connectivity index (χ2v) is 4.11. The number of amides is 1. The van der Waals surface area contributed by atoms with E-state index in [4.69, 9.17) is 5.84 Å². The number of nitrogen functional groups attached to an aromatic ring is 1. The Labute approximate surface area is 98.7 Å². The van der Waals surface area contributed by atoms with E-state index in [2.05, 4.69) is 20.9 Å². The summed E-state index contributed by atoms with van der Waals surface area (Å²) in [5, 5.41) is 0.448. The standard InChI is InChI=1S/C10H8BrN3O2/c11-5-1-2-6-8(3-5)13-4-7(9(6)15)10(16)14-12/h1-4H,12H2,(H,13,15)(H,14,16). The number of fused-ring (bicyclic) bond motifs is 1. The molecule has 4 N–H and O–H groups in total. The molecule has 0 saturated carbocycles. The minimum absolute atomic E-state index is 0.00248. The third-order valence-corrected chi connectivity index (χ3v) is 2.71. The molecule has 16 heavy (non-hydrogen) atoms. The molecule has 0 atom stereocenters. The fraction of sp³-hybridized carbons (Fsp3) is 0. The first-order valence-corrected chi connectivity index (χ1v) is 5.24. The normalized spacial score (nSPS) is 10.4. The Bertz CT molecular complexity index is 621. The minimum atomic E-state index is -0.605. The van der Waals surface area contributed by atoms with Crippen molar-refractivity contribution in [2.75, 3.05) is 0 Å². The number of nitrogens with one attached hydrogen (secondary N) is 2. The number of nitrogens with two attached hydrogens (primary N) is 1. The van der Waals surface area contributed by atoms with Crippen LogP contribution in [0.15, 0.2) is 33.7 Å². The van der Waals surface area contributed by atoms with Gasteiger partial charge in [0.25, 0.3) is 5.91 Å². The first-order chi connectivity index (χ1) is 7.63. The van der Waals surface area contributed by atoms with Gasteiger partial charge in [0.1, 0.15) is 5.56 Å². The van der Waals surface area contributed by atoms with Crippen molar-refractivity contribution >= 4 is 32.7 Å². The molecule has 0 aliphatic carbocycles. The van der Waals surface area contributed by atoms with E-state index in [9.17, 15) is 9.59 Å². The van der Waals surface area contributed by atoms with Gasteiger partial charge in [-0.15, -0.1) is 0 Å².